The molecule has 0 unspecified atom stereocenters. The molecule has 0 radical (unpaired) electrons. The van der Waals surface area contributed by atoms with Gasteiger partial charge in [-0.15, -0.1) is 5.10 Å². The van der Waals surface area contributed by atoms with Gasteiger partial charge in [-0.2, -0.15) is 0 Å². The van der Waals surface area contributed by atoms with Crippen molar-refractivity contribution in [2.75, 3.05) is 16.8 Å². The van der Waals surface area contributed by atoms with Crippen LogP contribution in [0.15, 0.2) is 54.9 Å². The highest BCUT2D eigenvalue weighted by atomic mass is 16.5. The summed E-state index contributed by atoms with van der Waals surface area (Å²) in [4.78, 5) is 38.2. The van der Waals surface area contributed by atoms with E-state index >= 15 is 0 Å². The summed E-state index contributed by atoms with van der Waals surface area (Å²) in [6.45, 7) is 1.99. The fraction of sp³-hybridized carbons (Fsp3) is 0.200. The first-order valence-corrected chi connectivity index (χ1v) is 9.30. The molecule has 152 valence electrons. The number of tetrazole rings is 1. The predicted molar refractivity (Wildman–Crippen MR) is 106 cm³/mol. The second-order valence-electron chi connectivity index (χ2n) is 6.54. The van der Waals surface area contributed by atoms with E-state index in [1.165, 1.54) is 23.1 Å². The standard InChI is InChI=1S/C20H18N6O4/c1-2-30-20(29)13-3-7-16(8-4-13)26-18(27)11-17(19(26)28)22-14-5-9-15(10-6-14)25-12-21-23-24-25/h3-10,12,17,22H,2,11H2,1H3/t17-/m0/s1. The van der Waals surface area contributed by atoms with Crippen molar-refractivity contribution in [3.63, 3.8) is 0 Å². The molecule has 1 aliphatic rings. The van der Waals surface area contributed by atoms with Crippen molar-refractivity contribution in [1.29, 1.82) is 0 Å². The largest absolute Gasteiger partial charge is 0.462 e. The zero-order valence-electron chi connectivity index (χ0n) is 16.1. The number of esters is 1. The first kappa shape index (κ1) is 19.2. The Morgan fingerprint density at radius 1 is 1.10 bits per heavy atom. The number of anilines is 2. The van der Waals surface area contributed by atoms with Crippen molar-refractivity contribution < 1.29 is 19.1 Å². The van der Waals surface area contributed by atoms with Gasteiger partial charge in [-0.25, -0.2) is 14.4 Å². The number of ether oxygens (including phenoxy) is 1. The number of amides is 2. The Bertz CT molecular complexity index is 1060. The third kappa shape index (κ3) is 3.75. The van der Waals surface area contributed by atoms with Gasteiger partial charge >= 0.3 is 5.97 Å². The molecule has 2 amide bonds. The normalized spacial score (nSPS) is 16.0. The first-order valence-electron chi connectivity index (χ1n) is 9.30. The molecule has 0 saturated carbocycles. The zero-order chi connectivity index (χ0) is 21.1. The van der Waals surface area contributed by atoms with Gasteiger partial charge in [-0.05, 0) is 65.9 Å². The van der Waals surface area contributed by atoms with Crippen LogP contribution in [-0.2, 0) is 14.3 Å². The predicted octanol–water partition coefficient (Wildman–Crippen LogP) is 1.58. The van der Waals surface area contributed by atoms with Gasteiger partial charge in [0.2, 0.25) is 5.91 Å². The molecule has 3 aromatic rings. The van der Waals surface area contributed by atoms with Gasteiger partial charge in [-0.3, -0.25) is 9.59 Å². The van der Waals surface area contributed by atoms with Crippen LogP contribution in [0.4, 0.5) is 11.4 Å². The Morgan fingerprint density at radius 3 is 2.43 bits per heavy atom. The summed E-state index contributed by atoms with van der Waals surface area (Å²) in [5, 5.41) is 14.1. The summed E-state index contributed by atoms with van der Waals surface area (Å²) in [6, 6.07) is 12.7. The van der Waals surface area contributed by atoms with Gasteiger partial charge in [0.25, 0.3) is 5.91 Å². The van der Waals surface area contributed by atoms with E-state index in [1.54, 1.807) is 43.3 Å². The number of rotatable bonds is 6. The summed E-state index contributed by atoms with van der Waals surface area (Å²) in [6.07, 6.45) is 1.51. The monoisotopic (exact) mass is 406 g/mol. The van der Waals surface area contributed by atoms with Gasteiger partial charge in [0.1, 0.15) is 12.4 Å². The molecular formula is C20H18N6O4. The van der Waals surface area contributed by atoms with E-state index in [9.17, 15) is 14.4 Å². The van der Waals surface area contributed by atoms with E-state index < -0.39 is 12.0 Å². The van der Waals surface area contributed by atoms with Crippen LogP contribution in [0.2, 0.25) is 0 Å². The molecule has 2 aromatic carbocycles. The lowest BCUT2D eigenvalue weighted by atomic mass is 10.2. The average molecular weight is 406 g/mol. The van der Waals surface area contributed by atoms with Gasteiger partial charge < -0.3 is 10.1 Å². The molecule has 1 fully saturated rings. The minimum Gasteiger partial charge on any atom is -0.462 e. The Morgan fingerprint density at radius 2 is 1.80 bits per heavy atom. The molecule has 2 heterocycles. The van der Waals surface area contributed by atoms with Gasteiger partial charge in [0.15, 0.2) is 0 Å². The highest BCUT2D eigenvalue weighted by molar-refractivity contribution is 6.23. The number of benzene rings is 2. The van der Waals surface area contributed by atoms with Crippen molar-refractivity contribution in [2.24, 2.45) is 0 Å². The van der Waals surface area contributed by atoms with Crippen LogP contribution >= 0.6 is 0 Å². The molecular weight excluding hydrogens is 388 g/mol. The van der Waals surface area contributed by atoms with Gasteiger partial charge in [-0.1, -0.05) is 0 Å². The summed E-state index contributed by atoms with van der Waals surface area (Å²) >= 11 is 0. The Labute approximate surface area is 171 Å². The number of aromatic nitrogens is 4. The van der Waals surface area contributed by atoms with Crippen molar-refractivity contribution in [3.8, 4) is 5.69 Å². The Hall–Kier alpha value is -4.08. The van der Waals surface area contributed by atoms with Crippen LogP contribution in [0.5, 0.6) is 0 Å². The van der Waals surface area contributed by atoms with Crippen molar-refractivity contribution in [1.82, 2.24) is 20.2 Å². The summed E-state index contributed by atoms with van der Waals surface area (Å²) in [5.74, 6) is -1.12. The van der Waals surface area contributed by atoms with Gasteiger partial charge in [0.05, 0.1) is 30.0 Å². The molecule has 10 nitrogen and oxygen atoms in total. The Kier molecular flexibility index (Phi) is 5.21. The third-order valence-electron chi connectivity index (χ3n) is 4.61. The zero-order valence-corrected chi connectivity index (χ0v) is 16.1. The number of imide groups is 1. The molecule has 0 aliphatic carbocycles. The number of nitrogens with zero attached hydrogens (tertiary/aromatic N) is 5. The molecule has 0 spiro atoms. The third-order valence-corrected chi connectivity index (χ3v) is 4.61. The van der Waals surface area contributed by atoms with Crippen LogP contribution in [-0.4, -0.2) is 50.6 Å². The molecule has 1 aromatic heterocycles. The lowest BCUT2D eigenvalue weighted by Gasteiger charge is -2.16. The van der Waals surface area contributed by atoms with E-state index in [0.29, 0.717) is 16.9 Å². The fourth-order valence-corrected chi connectivity index (χ4v) is 3.17. The lowest BCUT2D eigenvalue weighted by Crippen LogP contribution is -2.34. The fourth-order valence-electron chi connectivity index (χ4n) is 3.17. The summed E-state index contributed by atoms with van der Waals surface area (Å²) in [5.41, 5.74) is 2.23. The maximum atomic E-state index is 12.8. The van der Waals surface area contributed by atoms with Crippen LogP contribution in [0.1, 0.15) is 23.7 Å². The minimum atomic E-state index is -0.680. The number of carbonyl (C=O) groups is 3. The second-order valence-corrected chi connectivity index (χ2v) is 6.54. The number of nitrogens with one attached hydrogen (secondary N) is 1. The van der Waals surface area contributed by atoms with Crippen LogP contribution < -0.4 is 10.2 Å². The van der Waals surface area contributed by atoms with Crippen molar-refractivity contribution in [3.05, 3.63) is 60.4 Å². The highest BCUT2D eigenvalue weighted by Gasteiger charge is 2.39. The summed E-state index contributed by atoms with van der Waals surface area (Å²) < 4.78 is 6.45. The summed E-state index contributed by atoms with van der Waals surface area (Å²) in [7, 11) is 0. The Balaban J connectivity index is 1.45. The van der Waals surface area contributed by atoms with E-state index in [-0.39, 0.29) is 24.8 Å². The number of carbonyl (C=O) groups excluding carboxylic acids is 3. The molecule has 1 aliphatic heterocycles. The topological polar surface area (TPSA) is 119 Å². The van der Waals surface area contributed by atoms with Crippen LogP contribution in [0, 0.1) is 0 Å². The maximum Gasteiger partial charge on any atom is 0.338 e. The number of hydrogen-bond donors (Lipinski definition) is 1. The van der Waals surface area contributed by atoms with Crippen LogP contribution in [0.25, 0.3) is 5.69 Å². The first-order chi connectivity index (χ1) is 14.6. The molecule has 4 rings (SSSR count). The molecule has 0 bridgehead atoms. The van der Waals surface area contributed by atoms with Crippen LogP contribution in [0.3, 0.4) is 0 Å². The van der Waals surface area contributed by atoms with E-state index in [0.717, 1.165) is 10.6 Å². The molecule has 1 N–H and O–H groups in total. The van der Waals surface area contributed by atoms with E-state index in [2.05, 4.69) is 20.8 Å². The average Bonchev–Trinajstić information content (AvgIpc) is 3.38. The lowest BCUT2D eigenvalue weighted by molar-refractivity contribution is -0.121. The van der Waals surface area contributed by atoms with Gasteiger partial charge in [0, 0.05) is 5.69 Å². The minimum absolute atomic E-state index is 0.0349. The maximum absolute atomic E-state index is 12.8. The smallest absolute Gasteiger partial charge is 0.338 e. The highest BCUT2D eigenvalue weighted by Crippen LogP contribution is 2.26. The second kappa shape index (κ2) is 8.11. The quantitative estimate of drug-likeness (QED) is 0.484. The van der Waals surface area contributed by atoms with E-state index in [1.807, 2.05) is 0 Å². The van der Waals surface area contributed by atoms with Crippen molar-refractivity contribution in [2.45, 2.75) is 19.4 Å². The number of hydrogen-bond acceptors (Lipinski definition) is 8. The SMILES string of the molecule is CCOC(=O)c1ccc(N2C(=O)C[C@H](Nc3ccc(-n4cnnn4)cc3)C2=O)cc1. The molecule has 1 saturated heterocycles. The molecule has 1 atom stereocenters. The molecule has 10 heteroatoms. The molecule has 30 heavy (non-hydrogen) atoms. The van der Waals surface area contributed by atoms with E-state index in [4.69, 9.17) is 4.74 Å². The van der Waals surface area contributed by atoms with Crippen molar-refractivity contribution >= 4 is 29.2 Å².